The summed E-state index contributed by atoms with van der Waals surface area (Å²) in [5.41, 5.74) is 0.597. The first-order chi connectivity index (χ1) is 6.45. The molecule has 0 aromatic rings. The first-order valence-corrected chi connectivity index (χ1v) is 4.61. The number of nitrogens with zero attached hydrogens (tertiary/aromatic N) is 1. The maximum atomic E-state index is 11.3. The highest BCUT2D eigenvalue weighted by atomic mass is 16.5. The molecule has 1 fully saturated rings. The van der Waals surface area contributed by atoms with Crippen molar-refractivity contribution in [2.24, 2.45) is 17.3 Å². The van der Waals surface area contributed by atoms with Gasteiger partial charge >= 0.3 is 5.97 Å². The molecule has 0 aromatic carbocycles. The van der Waals surface area contributed by atoms with E-state index < -0.39 is 0 Å². The number of nitriles is 1. The molecule has 0 heterocycles. The Balaban J connectivity index is 2.77. The van der Waals surface area contributed by atoms with Crippen LogP contribution < -0.4 is 0 Å². The summed E-state index contributed by atoms with van der Waals surface area (Å²) in [4.78, 5) is 11.3. The van der Waals surface area contributed by atoms with Gasteiger partial charge in [-0.2, -0.15) is 5.26 Å². The Labute approximate surface area is 84.4 Å². The van der Waals surface area contributed by atoms with Gasteiger partial charge in [0.2, 0.25) is 0 Å². The van der Waals surface area contributed by atoms with Gasteiger partial charge in [0, 0.05) is 5.57 Å². The fourth-order valence-electron chi connectivity index (χ4n) is 1.87. The molecule has 1 aliphatic rings. The lowest BCUT2D eigenvalue weighted by atomic mass is 10.1. The fraction of sp³-hybridized carbons (Fsp3) is 0.636. The van der Waals surface area contributed by atoms with Crippen molar-refractivity contribution in [3.05, 3.63) is 11.6 Å². The average Bonchev–Trinajstić information content (AvgIpc) is 2.67. The van der Waals surface area contributed by atoms with E-state index in [1.54, 1.807) is 6.92 Å². The van der Waals surface area contributed by atoms with Gasteiger partial charge in [0.25, 0.3) is 0 Å². The molecule has 1 rings (SSSR count). The number of carbonyl (C=O) groups excluding carboxylic acids is 1. The fourth-order valence-corrected chi connectivity index (χ4v) is 1.87. The summed E-state index contributed by atoms with van der Waals surface area (Å²) < 4.78 is 4.70. The number of hydrogen-bond donors (Lipinski definition) is 0. The van der Waals surface area contributed by atoms with Gasteiger partial charge in [-0.05, 0) is 18.3 Å². The van der Waals surface area contributed by atoms with Crippen LogP contribution in [0.1, 0.15) is 20.8 Å². The summed E-state index contributed by atoms with van der Waals surface area (Å²) in [5.74, 6) is -0.118. The lowest BCUT2D eigenvalue weighted by molar-refractivity contribution is -0.143. The van der Waals surface area contributed by atoms with Crippen LogP contribution in [-0.2, 0) is 9.53 Å². The smallest absolute Gasteiger partial charge is 0.309 e. The van der Waals surface area contributed by atoms with Crippen molar-refractivity contribution < 1.29 is 9.53 Å². The van der Waals surface area contributed by atoms with E-state index in [9.17, 15) is 4.79 Å². The summed E-state index contributed by atoms with van der Waals surface area (Å²) in [7, 11) is 1.40. The van der Waals surface area contributed by atoms with E-state index >= 15 is 0 Å². The number of allylic oxidation sites excluding steroid dienone is 2. The quantitative estimate of drug-likeness (QED) is 0.497. The summed E-state index contributed by atoms with van der Waals surface area (Å²) in [6.07, 6.45) is 1.86. The Morgan fingerprint density at radius 1 is 1.57 bits per heavy atom. The predicted octanol–water partition coefficient (Wildman–Crippen LogP) is 1.90. The van der Waals surface area contributed by atoms with E-state index in [4.69, 9.17) is 10.00 Å². The molecule has 0 aromatic heterocycles. The molecule has 0 amide bonds. The van der Waals surface area contributed by atoms with E-state index in [-0.39, 0.29) is 23.2 Å². The minimum absolute atomic E-state index is 0.0643. The predicted molar refractivity (Wildman–Crippen MR) is 52.1 cm³/mol. The van der Waals surface area contributed by atoms with E-state index in [0.717, 1.165) is 0 Å². The molecular formula is C11H15NO2. The third kappa shape index (κ3) is 1.65. The monoisotopic (exact) mass is 193 g/mol. The number of esters is 1. The van der Waals surface area contributed by atoms with Gasteiger partial charge in [-0.25, -0.2) is 0 Å². The highest BCUT2D eigenvalue weighted by Crippen LogP contribution is 2.59. The van der Waals surface area contributed by atoms with E-state index in [2.05, 4.69) is 6.07 Å². The molecule has 0 saturated heterocycles. The Kier molecular flexibility index (Phi) is 2.66. The van der Waals surface area contributed by atoms with Gasteiger partial charge in [0.05, 0.1) is 19.1 Å². The molecule has 0 bridgehead atoms. The standard InChI is InChI=1S/C11H15NO2/c1-7(6-12)5-8-9(10(13)14-4)11(8,2)3/h5,8-9H,1-4H3/b7-5-/t8-,9+/m1/s1. The van der Waals surface area contributed by atoms with Crippen LogP contribution in [0, 0.1) is 28.6 Å². The van der Waals surface area contributed by atoms with Gasteiger partial charge in [-0.15, -0.1) is 0 Å². The Bertz CT molecular complexity index is 323. The van der Waals surface area contributed by atoms with Gasteiger partial charge < -0.3 is 4.74 Å². The third-order valence-corrected chi connectivity index (χ3v) is 2.97. The van der Waals surface area contributed by atoms with Crippen molar-refractivity contribution in [1.82, 2.24) is 0 Å². The molecule has 3 heteroatoms. The molecular weight excluding hydrogens is 178 g/mol. The molecule has 1 aliphatic carbocycles. The largest absolute Gasteiger partial charge is 0.469 e. The SMILES string of the molecule is COC(=O)[C@@H]1[C@@H](/C=C(/C)C#N)C1(C)C. The average molecular weight is 193 g/mol. The Morgan fingerprint density at radius 3 is 2.57 bits per heavy atom. The zero-order valence-electron chi connectivity index (χ0n) is 9.00. The van der Waals surface area contributed by atoms with Crippen LogP contribution in [-0.4, -0.2) is 13.1 Å². The van der Waals surface area contributed by atoms with Gasteiger partial charge in [-0.3, -0.25) is 4.79 Å². The van der Waals surface area contributed by atoms with Crippen LogP contribution >= 0.6 is 0 Å². The van der Waals surface area contributed by atoms with Gasteiger partial charge in [0.15, 0.2) is 0 Å². The maximum absolute atomic E-state index is 11.3. The molecule has 76 valence electrons. The van der Waals surface area contributed by atoms with E-state index in [1.807, 2.05) is 19.9 Å². The number of hydrogen-bond acceptors (Lipinski definition) is 3. The number of rotatable bonds is 2. The van der Waals surface area contributed by atoms with E-state index in [1.165, 1.54) is 7.11 Å². The van der Waals surface area contributed by atoms with Crippen molar-refractivity contribution in [3.8, 4) is 6.07 Å². The van der Waals surface area contributed by atoms with Crippen LogP contribution in [0.4, 0.5) is 0 Å². The van der Waals surface area contributed by atoms with Gasteiger partial charge in [0.1, 0.15) is 0 Å². The second-order valence-corrected chi connectivity index (χ2v) is 4.31. The van der Waals surface area contributed by atoms with Crippen LogP contribution in [0.15, 0.2) is 11.6 Å². The molecule has 0 radical (unpaired) electrons. The lowest BCUT2D eigenvalue weighted by Crippen LogP contribution is -2.07. The Hall–Kier alpha value is -1.30. The zero-order chi connectivity index (χ0) is 10.9. The first kappa shape index (κ1) is 10.8. The minimum atomic E-state index is -0.179. The molecule has 3 nitrogen and oxygen atoms in total. The van der Waals surface area contributed by atoms with Crippen molar-refractivity contribution in [2.45, 2.75) is 20.8 Å². The molecule has 1 saturated carbocycles. The topological polar surface area (TPSA) is 50.1 Å². The second-order valence-electron chi connectivity index (χ2n) is 4.31. The van der Waals surface area contributed by atoms with Crippen molar-refractivity contribution in [1.29, 1.82) is 5.26 Å². The normalized spacial score (nSPS) is 29.2. The van der Waals surface area contributed by atoms with Crippen molar-refractivity contribution in [3.63, 3.8) is 0 Å². The first-order valence-electron chi connectivity index (χ1n) is 4.61. The van der Waals surface area contributed by atoms with E-state index in [0.29, 0.717) is 5.57 Å². The van der Waals surface area contributed by atoms with Crippen LogP contribution in [0.5, 0.6) is 0 Å². The lowest BCUT2D eigenvalue weighted by Gasteiger charge is -1.99. The summed E-state index contributed by atoms with van der Waals surface area (Å²) in [5, 5.41) is 8.63. The van der Waals surface area contributed by atoms with Crippen LogP contribution in [0.3, 0.4) is 0 Å². The molecule has 2 atom stereocenters. The van der Waals surface area contributed by atoms with Crippen LogP contribution in [0.25, 0.3) is 0 Å². The second kappa shape index (κ2) is 3.45. The molecule has 0 unspecified atom stereocenters. The molecule has 0 spiro atoms. The van der Waals surface area contributed by atoms with Crippen molar-refractivity contribution in [2.75, 3.05) is 7.11 Å². The number of methoxy groups -OCH3 is 1. The zero-order valence-corrected chi connectivity index (χ0v) is 9.00. The molecule has 0 N–H and O–H groups in total. The summed E-state index contributed by atoms with van der Waals surface area (Å²) in [6, 6.07) is 2.06. The minimum Gasteiger partial charge on any atom is -0.469 e. The Morgan fingerprint density at radius 2 is 2.14 bits per heavy atom. The summed E-state index contributed by atoms with van der Waals surface area (Å²) >= 11 is 0. The maximum Gasteiger partial charge on any atom is 0.309 e. The highest BCUT2D eigenvalue weighted by molar-refractivity contribution is 5.78. The highest BCUT2D eigenvalue weighted by Gasteiger charge is 2.61. The van der Waals surface area contributed by atoms with Crippen molar-refractivity contribution >= 4 is 5.97 Å². The van der Waals surface area contributed by atoms with Gasteiger partial charge in [-0.1, -0.05) is 19.9 Å². The number of ether oxygens (including phenoxy) is 1. The third-order valence-electron chi connectivity index (χ3n) is 2.97. The molecule has 14 heavy (non-hydrogen) atoms. The molecule has 0 aliphatic heterocycles. The summed E-state index contributed by atoms with van der Waals surface area (Å²) in [6.45, 7) is 5.78. The van der Waals surface area contributed by atoms with Crippen LogP contribution in [0.2, 0.25) is 0 Å². The number of carbonyl (C=O) groups is 1.